The number of hydrogen-bond donors (Lipinski definition) is 3. The van der Waals surface area contributed by atoms with Crippen LogP contribution in [0.3, 0.4) is 0 Å². The third-order valence-electron chi connectivity index (χ3n) is 2.04. The predicted octanol–water partition coefficient (Wildman–Crippen LogP) is 0.312. The van der Waals surface area contributed by atoms with Gasteiger partial charge in [0.25, 0.3) is 6.43 Å². The van der Waals surface area contributed by atoms with Gasteiger partial charge in [-0.05, 0) is 12.1 Å². The molecular weight excluding hydrogens is 273 g/mol. The van der Waals surface area contributed by atoms with E-state index in [-0.39, 0.29) is 5.69 Å². The van der Waals surface area contributed by atoms with Gasteiger partial charge >= 0.3 is 0 Å². The maximum Gasteiger partial charge on any atom is 0.265 e. The molecule has 0 saturated carbocycles. The van der Waals surface area contributed by atoms with Gasteiger partial charge in [0.15, 0.2) is 0 Å². The van der Waals surface area contributed by atoms with Gasteiger partial charge in [-0.3, -0.25) is 0 Å². The van der Waals surface area contributed by atoms with Gasteiger partial charge in [0.1, 0.15) is 16.8 Å². The summed E-state index contributed by atoms with van der Waals surface area (Å²) < 4.78 is 62.2. The summed E-state index contributed by atoms with van der Waals surface area (Å²) in [6, 6.07) is 3.23. The molecule has 0 fully saturated rings. The summed E-state index contributed by atoms with van der Waals surface area (Å²) in [4.78, 5) is -0.827. The number of nitrogen functional groups attached to an aromatic ring is 1. The van der Waals surface area contributed by atoms with Gasteiger partial charge in [-0.1, -0.05) is 6.07 Å². The Hall–Kier alpha value is -1.32. The van der Waals surface area contributed by atoms with Crippen LogP contribution in [0.2, 0.25) is 0 Å². The molecule has 0 aliphatic heterocycles. The smallest absolute Gasteiger partial charge is 0.265 e. The van der Waals surface area contributed by atoms with E-state index in [1.165, 1.54) is 6.07 Å². The lowest BCUT2D eigenvalue weighted by atomic mass is 10.3. The molecule has 0 heterocycles. The maximum atomic E-state index is 13.3. The highest BCUT2D eigenvalue weighted by molar-refractivity contribution is 7.89. The lowest BCUT2D eigenvalue weighted by Crippen LogP contribution is -2.36. The number of benzene rings is 1. The first-order valence-corrected chi connectivity index (χ1v) is 6.24. The first kappa shape index (κ1) is 14.7. The highest BCUT2D eigenvalue weighted by Crippen LogP contribution is 2.21. The monoisotopic (exact) mass is 284 g/mol. The summed E-state index contributed by atoms with van der Waals surface area (Å²) in [5.41, 5.74) is 4.95. The SMILES string of the molecule is Nc1cccc(F)c1S(=O)(=O)NCC(O)C(F)F. The molecule has 0 aliphatic carbocycles. The molecule has 18 heavy (non-hydrogen) atoms. The summed E-state index contributed by atoms with van der Waals surface area (Å²) >= 11 is 0. The van der Waals surface area contributed by atoms with Crippen molar-refractivity contribution < 1.29 is 26.7 Å². The summed E-state index contributed by atoms with van der Waals surface area (Å²) in [5, 5.41) is 8.77. The molecule has 1 unspecified atom stereocenters. The van der Waals surface area contributed by atoms with Crippen molar-refractivity contribution >= 4 is 15.7 Å². The molecule has 0 saturated heterocycles. The number of aliphatic hydroxyl groups is 1. The van der Waals surface area contributed by atoms with Crippen molar-refractivity contribution in [2.75, 3.05) is 12.3 Å². The van der Waals surface area contributed by atoms with E-state index in [2.05, 4.69) is 0 Å². The van der Waals surface area contributed by atoms with Crippen LogP contribution in [0.4, 0.5) is 18.9 Å². The minimum absolute atomic E-state index is 0.353. The number of halogens is 3. The highest BCUT2D eigenvalue weighted by Gasteiger charge is 2.25. The van der Waals surface area contributed by atoms with Crippen molar-refractivity contribution in [2.45, 2.75) is 17.4 Å². The standard InChI is InChI=1S/C9H11F3N2O3S/c10-5-2-1-3-6(13)8(5)18(16,17)14-4-7(15)9(11)12/h1-3,7,9,14-15H,4,13H2. The first-order valence-electron chi connectivity index (χ1n) is 4.75. The number of alkyl halides is 2. The number of anilines is 1. The third-order valence-corrected chi connectivity index (χ3v) is 3.55. The van der Waals surface area contributed by atoms with E-state index in [1.54, 1.807) is 4.72 Å². The van der Waals surface area contributed by atoms with Crippen molar-refractivity contribution in [3.05, 3.63) is 24.0 Å². The first-order chi connectivity index (χ1) is 8.25. The van der Waals surface area contributed by atoms with Crippen LogP contribution >= 0.6 is 0 Å². The molecule has 9 heteroatoms. The van der Waals surface area contributed by atoms with Gasteiger partial charge in [-0.2, -0.15) is 0 Å². The molecule has 0 spiro atoms. The molecule has 0 bridgehead atoms. The van der Waals surface area contributed by atoms with Gasteiger partial charge in [0, 0.05) is 6.54 Å². The summed E-state index contributed by atoms with van der Waals surface area (Å²) in [7, 11) is -4.39. The summed E-state index contributed by atoms with van der Waals surface area (Å²) in [6.07, 6.45) is -5.28. The van der Waals surface area contributed by atoms with Gasteiger partial charge < -0.3 is 10.8 Å². The van der Waals surface area contributed by atoms with Crippen molar-refractivity contribution in [2.24, 2.45) is 0 Å². The minimum Gasteiger partial charge on any atom is -0.398 e. The number of sulfonamides is 1. The van der Waals surface area contributed by atoms with E-state index in [0.717, 1.165) is 12.1 Å². The van der Waals surface area contributed by atoms with E-state index >= 15 is 0 Å². The Morgan fingerprint density at radius 3 is 2.50 bits per heavy atom. The molecule has 0 aliphatic rings. The van der Waals surface area contributed by atoms with Crippen LogP contribution in [-0.4, -0.2) is 32.6 Å². The topological polar surface area (TPSA) is 92.4 Å². The Labute approximate surface area is 101 Å². The number of nitrogens with one attached hydrogen (secondary N) is 1. The predicted molar refractivity (Wildman–Crippen MR) is 58.0 cm³/mol. The van der Waals surface area contributed by atoms with Gasteiger partial charge in [-0.15, -0.1) is 0 Å². The maximum absolute atomic E-state index is 13.3. The fourth-order valence-corrected chi connectivity index (χ4v) is 2.40. The Morgan fingerprint density at radius 2 is 2.00 bits per heavy atom. The molecule has 4 N–H and O–H groups in total. The van der Waals surface area contributed by atoms with Crippen molar-refractivity contribution in [1.82, 2.24) is 4.72 Å². The van der Waals surface area contributed by atoms with E-state index in [4.69, 9.17) is 10.8 Å². The van der Waals surface area contributed by atoms with E-state index in [1.807, 2.05) is 0 Å². The normalized spacial score (nSPS) is 13.8. The van der Waals surface area contributed by atoms with Crippen molar-refractivity contribution in [3.8, 4) is 0 Å². The van der Waals surface area contributed by atoms with Crippen LogP contribution < -0.4 is 10.5 Å². The quantitative estimate of drug-likeness (QED) is 0.679. The van der Waals surface area contributed by atoms with Crippen LogP contribution in [0, 0.1) is 5.82 Å². The molecular formula is C9H11F3N2O3S. The lowest BCUT2D eigenvalue weighted by Gasteiger charge is -2.12. The van der Waals surface area contributed by atoms with Crippen LogP contribution in [0.25, 0.3) is 0 Å². The molecule has 1 aromatic carbocycles. The fourth-order valence-electron chi connectivity index (χ4n) is 1.17. The van der Waals surface area contributed by atoms with Crippen molar-refractivity contribution in [3.63, 3.8) is 0 Å². The van der Waals surface area contributed by atoms with Crippen molar-refractivity contribution in [1.29, 1.82) is 0 Å². The number of aliphatic hydroxyl groups excluding tert-OH is 1. The van der Waals surface area contributed by atoms with Crippen LogP contribution in [0.15, 0.2) is 23.1 Å². The zero-order valence-corrected chi connectivity index (χ0v) is 9.79. The van der Waals surface area contributed by atoms with E-state index < -0.39 is 39.8 Å². The largest absolute Gasteiger partial charge is 0.398 e. The second kappa shape index (κ2) is 5.55. The van der Waals surface area contributed by atoms with E-state index in [0.29, 0.717) is 0 Å². The molecule has 5 nitrogen and oxygen atoms in total. The Morgan fingerprint density at radius 1 is 1.39 bits per heavy atom. The van der Waals surface area contributed by atoms with Gasteiger partial charge in [0.05, 0.1) is 5.69 Å². The number of nitrogens with two attached hydrogens (primary N) is 1. The zero-order valence-electron chi connectivity index (χ0n) is 8.98. The zero-order chi connectivity index (χ0) is 13.9. The fraction of sp³-hybridized carbons (Fsp3) is 0.333. The third kappa shape index (κ3) is 3.34. The molecule has 1 rings (SSSR count). The van der Waals surface area contributed by atoms with Gasteiger partial charge in [-0.25, -0.2) is 26.3 Å². The molecule has 102 valence electrons. The number of rotatable bonds is 5. The highest BCUT2D eigenvalue weighted by atomic mass is 32.2. The molecule has 0 aromatic heterocycles. The number of hydrogen-bond acceptors (Lipinski definition) is 4. The average molecular weight is 284 g/mol. The average Bonchev–Trinajstić information content (AvgIpc) is 2.25. The van der Waals surface area contributed by atoms with E-state index in [9.17, 15) is 21.6 Å². The molecule has 0 radical (unpaired) electrons. The lowest BCUT2D eigenvalue weighted by molar-refractivity contribution is -0.000454. The second-order valence-corrected chi connectivity index (χ2v) is 5.12. The second-order valence-electron chi connectivity index (χ2n) is 3.41. The van der Waals surface area contributed by atoms with Crippen LogP contribution in [0.5, 0.6) is 0 Å². The van der Waals surface area contributed by atoms with Gasteiger partial charge in [0.2, 0.25) is 10.0 Å². The Kier molecular flexibility index (Phi) is 4.54. The Balaban J connectivity index is 2.94. The van der Waals surface area contributed by atoms with Crippen LogP contribution in [0.1, 0.15) is 0 Å². The molecule has 0 amide bonds. The van der Waals surface area contributed by atoms with Crippen LogP contribution in [-0.2, 0) is 10.0 Å². The summed E-state index contributed by atoms with van der Waals surface area (Å²) in [6.45, 7) is -0.937. The minimum atomic E-state index is -4.39. The Bertz CT molecular complexity index is 502. The molecule has 1 aromatic rings. The summed E-state index contributed by atoms with van der Waals surface area (Å²) in [5.74, 6) is -1.10. The molecule has 1 atom stereocenters.